The van der Waals surface area contributed by atoms with E-state index in [1.165, 1.54) is 12.0 Å². The number of carbonyl (C=O) groups is 3. The van der Waals surface area contributed by atoms with E-state index in [-0.39, 0.29) is 23.5 Å². The topological polar surface area (TPSA) is 122 Å². The molecule has 1 aliphatic rings. The van der Waals surface area contributed by atoms with Gasteiger partial charge in [0.05, 0.1) is 23.1 Å². The Hall–Kier alpha value is -2.10. The molecule has 1 fully saturated rings. The quantitative estimate of drug-likeness (QED) is 0.326. The van der Waals surface area contributed by atoms with Crippen LogP contribution in [0.25, 0.3) is 0 Å². The number of ether oxygens (including phenoxy) is 1. The second-order valence-corrected chi connectivity index (χ2v) is 16.4. The smallest absolute Gasteiger partial charge is 0.328 e. The Morgan fingerprint density at radius 1 is 1.05 bits per heavy atom. The van der Waals surface area contributed by atoms with Crippen molar-refractivity contribution >= 4 is 27.7 Å². The maximum atomic E-state index is 13.9. The summed E-state index contributed by atoms with van der Waals surface area (Å²) in [4.78, 5) is 41.3. The van der Waals surface area contributed by atoms with Crippen molar-refractivity contribution in [2.75, 3.05) is 19.4 Å². The van der Waals surface area contributed by atoms with Crippen LogP contribution in [0.5, 0.6) is 0 Å². The van der Waals surface area contributed by atoms with Gasteiger partial charge >= 0.3 is 12.0 Å². The van der Waals surface area contributed by atoms with Crippen LogP contribution in [-0.2, 0) is 24.2 Å². The second kappa shape index (κ2) is 12.4. The molecule has 0 spiro atoms. The van der Waals surface area contributed by atoms with Gasteiger partial charge in [0.25, 0.3) is 0 Å². The van der Waals surface area contributed by atoms with E-state index in [4.69, 9.17) is 4.74 Å². The summed E-state index contributed by atoms with van der Waals surface area (Å²) >= 11 is 0. The third-order valence-corrected chi connectivity index (χ3v) is 9.65. The average Bonchev–Trinajstić information content (AvgIpc) is 3.10. The summed E-state index contributed by atoms with van der Waals surface area (Å²) in [6.07, 6.45) is 2.93. The molecule has 9 nitrogen and oxygen atoms in total. The molecule has 38 heavy (non-hydrogen) atoms. The number of amides is 3. The number of urea groups is 1. The van der Waals surface area contributed by atoms with E-state index >= 15 is 0 Å². The summed E-state index contributed by atoms with van der Waals surface area (Å²) in [5.41, 5.74) is -0.644. The van der Waals surface area contributed by atoms with E-state index in [1.54, 1.807) is 27.7 Å². The van der Waals surface area contributed by atoms with Crippen molar-refractivity contribution in [2.24, 2.45) is 17.3 Å². The number of rotatable bonds is 9. The molecule has 0 aromatic rings. The number of carbonyl (C=O) groups excluding carboxylic acids is 3. The fraction of sp³-hybridized carbons (Fsp3) is 0.821. The number of nitrogens with one attached hydrogen (secondary N) is 2. The number of allylic oxidation sites excluding steroid dienone is 1. The van der Waals surface area contributed by atoms with E-state index in [2.05, 4.69) is 10.6 Å². The van der Waals surface area contributed by atoms with Gasteiger partial charge in [-0.2, -0.15) is 0 Å². The summed E-state index contributed by atoms with van der Waals surface area (Å²) < 4.78 is 30.1. The Bertz CT molecular complexity index is 1000. The lowest BCUT2D eigenvalue weighted by Gasteiger charge is -2.38. The van der Waals surface area contributed by atoms with Gasteiger partial charge in [-0.3, -0.25) is 4.79 Å². The molecule has 10 heteroatoms. The first kappa shape index (κ1) is 33.9. The monoisotopic (exact) mass is 557 g/mol. The van der Waals surface area contributed by atoms with Crippen LogP contribution >= 0.6 is 0 Å². The maximum absolute atomic E-state index is 13.9. The van der Waals surface area contributed by atoms with Crippen molar-refractivity contribution in [1.29, 1.82) is 0 Å². The van der Waals surface area contributed by atoms with Gasteiger partial charge in [0, 0.05) is 6.54 Å². The number of likely N-dealkylation sites (tertiary alicyclic amines) is 1. The van der Waals surface area contributed by atoms with Crippen molar-refractivity contribution in [2.45, 2.75) is 111 Å². The molecule has 4 atom stereocenters. The highest BCUT2D eigenvalue weighted by Crippen LogP contribution is 2.31. The Morgan fingerprint density at radius 3 is 2.03 bits per heavy atom. The molecule has 0 radical (unpaired) electrons. The van der Waals surface area contributed by atoms with Gasteiger partial charge in [0.15, 0.2) is 9.84 Å². The number of hydrogen-bond acceptors (Lipinski definition) is 6. The summed E-state index contributed by atoms with van der Waals surface area (Å²) in [6.45, 7) is 20.4. The van der Waals surface area contributed by atoms with Crippen LogP contribution in [0.1, 0.15) is 89.0 Å². The lowest BCUT2D eigenvalue weighted by atomic mass is 9.85. The highest BCUT2D eigenvalue weighted by Gasteiger charge is 2.46. The molecule has 0 aromatic heterocycles. The van der Waals surface area contributed by atoms with E-state index in [1.807, 2.05) is 54.5 Å². The fourth-order valence-electron chi connectivity index (χ4n) is 5.00. The zero-order valence-electron chi connectivity index (χ0n) is 25.5. The first-order chi connectivity index (χ1) is 17.0. The van der Waals surface area contributed by atoms with Crippen molar-refractivity contribution < 1.29 is 27.5 Å². The number of hydrogen-bond donors (Lipinski definition) is 2. The predicted octanol–water partition coefficient (Wildman–Crippen LogP) is 4.07. The molecule has 1 rings (SSSR count). The van der Waals surface area contributed by atoms with Crippen LogP contribution in [-0.4, -0.2) is 73.0 Å². The van der Waals surface area contributed by atoms with Crippen molar-refractivity contribution in [3.63, 3.8) is 0 Å². The second-order valence-electron chi connectivity index (χ2n) is 13.7. The van der Waals surface area contributed by atoms with Crippen LogP contribution in [0.15, 0.2) is 11.6 Å². The summed E-state index contributed by atoms with van der Waals surface area (Å²) in [5, 5.41) is 5.70. The molecule has 0 aromatic carbocycles. The van der Waals surface area contributed by atoms with Crippen LogP contribution in [0.4, 0.5) is 4.79 Å². The molecule has 220 valence electrons. The minimum absolute atomic E-state index is 0.000525. The molecule has 0 saturated carbocycles. The molecular formula is C28H51N3O6S. The van der Waals surface area contributed by atoms with E-state index in [9.17, 15) is 22.8 Å². The molecule has 1 unspecified atom stereocenters. The van der Waals surface area contributed by atoms with E-state index < -0.39 is 49.6 Å². The Balaban J connectivity index is 3.28. The van der Waals surface area contributed by atoms with Crippen molar-refractivity contribution in [3.05, 3.63) is 11.6 Å². The van der Waals surface area contributed by atoms with Crippen LogP contribution in [0.3, 0.4) is 0 Å². The highest BCUT2D eigenvalue weighted by molar-refractivity contribution is 7.92. The van der Waals surface area contributed by atoms with Gasteiger partial charge in [-0.25, -0.2) is 18.0 Å². The van der Waals surface area contributed by atoms with Gasteiger partial charge < -0.3 is 20.3 Å². The average molecular weight is 558 g/mol. The Morgan fingerprint density at radius 2 is 1.61 bits per heavy atom. The number of sulfone groups is 1. The normalized spacial score (nSPS) is 20.9. The molecule has 1 aliphatic heterocycles. The summed E-state index contributed by atoms with van der Waals surface area (Å²) in [6, 6.07) is -2.33. The van der Waals surface area contributed by atoms with Crippen LogP contribution in [0, 0.1) is 17.3 Å². The number of esters is 1. The van der Waals surface area contributed by atoms with Crippen LogP contribution in [0.2, 0.25) is 0 Å². The lowest BCUT2D eigenvalue weighted by Crippen LogP contribution is -2.62. The molecule has 0 aliphatic carbocycles. The van der Waals surface area contributed by atoms with E-state index in [0.717, 1.165) is 5.57 Å². The van der Waals surface area contributed by atoms with Crippen molar-refractivity contribution in [1.82, 2.24) is 15.5 Å². The first-order valence-electron chi connectivity index (χ1n) is 13.4. The molecule has 3 amide bonds. The zero-order chi connectivity index (χ0) is 29.9. The molecule has 1 saturated heterocycles. The molecule has 2 N–H and O–H groups in total. The van der Waals surface area contributed by atoms with Gasteiger partial charge in [-0.15, -0.1) is 0 Å². The molecule has 1 heterocycles. The van der Waals surface area contributed by atoms with Gasteiger partial charge in [-0.05, 0) is 71.6 Å². The first-order valence-corrected chi connectivity index (χ1v) is 15.0. The van der Waals surface area contributed by atoms with Gasteiger partial charge in [0.1, 0.15) is 12.1 Å². The van der Waals surface area contributed by atoms with Crippen LogP contribution < -0.4 is 10.6 Å². The number of nitrogens with zero attached hydrogens (tertiary/aromatic N) is 1. The fourth-order valence-corrected chi connectivity index (χ4v) is 6.46. The standard InChI is InChI=1S/C28H51N3O6S/c1-18(2)13-20-14-21(24(33)37-12)31(16-20)23(32)22(26(5,6)7)29-25(34)30-28(11,15-19(3)4)17-38(35,36)27(8,9)10/h13,19-22H,14-17H2,1-12H3,(H2,29,30,34)/t20-,21+,22?,28+/m1/s1. The summed E-state index contributed by atoms with van der Waals surface area (Å²) in [5.74, 6) is -0.977. The minimum Gasteiger partial charge on any atom is -0.467 e. The highest BCUT2D eigenvalue weighted by atomic mass is 32.2. The SMILES string of the molecule is COC(=O)[C@@H]1C[C@@H](C=C(C)C)CN1C(=O)C(NC(=O)N[C@@](C)(CC(C)C)CS(=O)(=O)C(C)(C)C)C(C)(C)C. The minimum atomic E-state index is -3.54. The van der Waals surface area contributed by atoms with E-state index in [0.29, 0.717) is 19.4 Å². The molecular weight excluding hydrogens is 506 g/mol. The summed E-state index contributed by atoms with van der Waals surface area (Å²) in [7, 11) is -2.24. The largest absolute Gasteiger partial charge is 0.467 e. The Kier molecular flexibility index (Phi) is 11.1. The third kappa shape index (κ3) is 9.27. The Labute approximate surface area is 230 Å². The van der Waals surface area contributed by atoms with Gasteiger partial charge in [-0.1, -0.05) is 46.3 Å². The maximum Gasteiger partial charge on any atom is 0.328 e. The predicted molar refractivity (Wildman–Crippen MR) is 151 cm³/mol. The lowest BCUT2D eigenvalue weighted by molar-refractivity contribution is -0.152. The molecule has 0 bridgehead atoms. The van der Waals surface area contributed by atoms with Crippen molar-refractivity contribution in [3.8, 4) is 0 Å². The number of methoxy groups -OCH3 is 1. The third-order valence-electron chi connectivity index (χ3n) is 6.76. The van der Waals surface area contributed by atoms with Gasteiger partial charge in [0.2, 0.25) is 5.91 Å². The zero-order valence-corrected chi connectivity index (χ0v) is 26.3.